The normalized spacial score (nSPS) is 20.6. The molecule has 2 amide bonds. The first kappa shape index (κ1) is 16.2. The number of amides is 2. The van der Waals surface area contributed by atoms with E-state index >= 15 is 0 Å². The summed E-state index contributed by atoms with van der Waals surface area (Å²) < 4.78 is 0. The van der Waals surface area contributed by atoms with E-state index in [2.05, 4.69) is 5.32 Å². The van der Waals surface area contributed by atoms with Crippen LogP contribution < -0.4 is 5.32 Å². The molecule has 1 aliphatic rings. The Kier molecular flexibility index (Phi) is 5.75. The number of carbonyl (C=O) groups is 3. The van der Waals surface area contributed by atoms with Gasteiger partial charge < -0.3 is 25.3 Å². The van der Waals surface area contributed by atoms with Crippen molar-refractivity contribution in [1.29, 1.82) is 0 Å². The zero-order valence-electron chi connectivity index (χ0n) is 11.7. The van der Waals surface area contributed by atoms with Crippen LogP contribution in [-0.4, -0.2) is 77.3 Å². The fourth-order valence-corrected chi connectivity index (χ4v) is 2.18. The Bertz CT molecular complexity index is 385. The van der Waals surface area contributed by atoms with Crippen LogP contribution in [0.5, 0.6) is 0 Å². The SMILES string of the molecule is CN(C)C1CCCN(C(=O)NC(CC(=O)O)C(=O)O)C1. The number of aliphatic carboxylic acids is 2. The van der Waals surface area contributed by atoms with E-state index in [4.69, 9.17) is 10.2 Å². The zero-order valence-corrected chi connectivity index (χ0v) is 11.7. The third-order valence-corrected chi connectivity index (χ3v) is 3.39. The van der Waals surface area contributed by atoms with Crippen LogP contribution in [0.3, 0.4) is 0 Å². The first-order chi connectivity index (χ1) is 9.31. The number of likely N-dealkylation sites (N-methyl/N-ethyl adjacent to an activating group) is 1. The van der Waals surface area contributed by atoms with Gasteiger partial charge in [-0.3, -0.25) is 4.79 Å². The van der Waals surface area contributed by atoms with Gasteiger partial charge in [0.25, 0.3) is 0 Å². The molecule has 114 valence electrons. The highest BCUT2D eigenvalue weighted by Gasteiger charge is 2.29. The van der Waals surface area contributed by atoms with Crippen LogP contribution >= 0.6 is 0 Å². The van der Waals surface area contributed by atoms with Crippen molar-refractivity contribution in [3.05, 3.63) is 0 Å². The third-order valence-electron chi connectivity index (χ3n) is 3.39. The number of carbonyl (C=O) groups excluding carboxylic acids is 1. The summed E-state index contributed by atoms with van der Waals surface area (Å²) in [5.74, 6) is -2.61. The first-order valence-electron chi connectivity index (χ1n) is 6.47. The number of nitrogens with zero attached hydrogens (tertiary/aromatic N) is 2. The van der Waals surface area contributed by atoms with Crippen LogP contribution in [0.4, 0.5) is 4.79 Å². The van der Waals surface area contributed by atoms with Crippen LogP contribution in [-0.2, 0) is 9.59 Å². The molecular formula is C12H21N3O5. The molecule has 2 atom stereocenters. The maximum absolute atomic E-state index is 12.0. The molecule has 0 radical (unpaired) electrons. The molecule has 0 aromatic rings. The average Bonchev–Trinajstić information content (AvgIpc) is 2.37. The topological polar surface area (TPSA) is 110 Å². The van der Waals surface area contributed by atoms with E-state index in [1.807, 2.05) is 19.0 Å². The molecule has 0 saturated carbocycles. The summed E-state index contributed by atoms with van der Waals surface area (Å²) in [5, 5.41) is 19.8. The smallest absolute Gasteiger partial charge is 0.326 e. The van der Waals surface area contributed by atoms with Gasteiger partial charge in [-0.15, -0.1) is 0 Å². The summed E-state index contributed by atoms with van der Waals surface area (Å²) in [7, 11) is 3.85. The second kappa shape index (κ2) is 7.09. The molecule has 0 aliphatic carbocycles. The van der Waals surface area contributed by atoms with Gasteiger partial charge in [0.2, 0.25) is 0 Å². The molecular weight excluding hydrogens is 266 g/mol. The summed E-state index contributed by atoms with van der Waals surface area (Å²) in [5.41, 5.74) is 0. The monoisotopic (exact) mass is 287 g/mol. The largest absolute Gasteiger partial charge is 0.481 e. The summed E-state index contributed by atoms with van der Waals surface area (Å²) in [6, 6.07) is -1.69. The zero-order chi connectivity index (χ0) is 15.3. The van der Waals surface area contributed by atoms with Crippen LogP contribution in [0.25, 0.3) is 0 Å². The molecule has 1 aliphatic heterocycles. The Morgan fingerprint density at radius 1 is 1.35 bits per heavy atom. The lowest BCUT2D eigenvalue weighted by Gasteiger charge is -2.36. The molecule has 3 N–H and O–H groups in total. The lowest BCUT2D eigenvalue weighted by molar-refractivity contribution is -0.145. The highest BCUT2D eigenvalue weighted by Crippen LogP contribution is 2.13. The second-order valence-electron chi connectivity index (χ2n) is 5.14. The van der Waals surface area contributed by atoms with Gasteiger partial charge in [-0.25, -0.2) is 9.59 Å². The van der Waals surface area contributed by atoms with E-state index in [0.717, 1.165) is 12.8 Å². The predicted molar refractivity (Wildman–Crippen MR) is 70.5 cm³/mol. The van der Waals surface area contributed by atoms with Gasteiger partial charge in [0.15, 0.2) is 0 Å². The number of hydrogen-bond donors (Lipinski definition) is 3. The Morgan fingerprint density at radius 2 is 2.00 bits per heavy atom. The van der Waals surface area contributed by atoms with E-state index in [1.165, 1.54) is 4.90 Å². The molecule has 8 nitrogen and oxygen atoms in total. The number of urea groups is 1. The molecule has 1 heterocycles. The maximum atomic E-state index is 12.0. The van der Waals surface area contributed by atoms with Crippen molar-refractivity contribution in [3.8, 4) is 0 Å². The molecule has 1 saturated heterocycles. The molecule has 20 heavy (non-hydrogen) atoms. The van der Waals surface area contributed by atoms with Gasteiger partial charge in [0, 0.05) is 19.1 Å². The molecule has 1 fully saturated rings. The van der Waals surface area contributed by atoms with Crippen LogP contribution in [0.1, 0.15) is 19.3 Å². The minimum absolute atomic E-state index is 0.234. The number of piperidine rings is 1. The number of hydrogen-bond acceptors (Lipinski definition) is 4. The fourth-order valence-electron chi connectivity index (χ4n) is 2.18. The van der Waals surface area contributed by atoms with Crippen LogP contribution in [0.2, 0.25) is 0 Å². The minimum Gasteiger partial charge on any atom is -0.481 e. The quantitative estimate of drug-likeness (QED) is 0.637. The maximum Gasteiger partial charge on any atom is 0.326 e. The van der Waals surface area contributed by atoms with Gasteiger partial charge in [-0.2, -0.15) is 0 Å². The lowest BCUT2D eigenvalue weighted by atomic mass is 10.1. The van der Waals surface area contributed by atoms with E-state index in [-0.39, 0.29) is 6.04 Å². The Morgan fingerprint density at radius 3 is 2.50 bits per heavy atom. The second-order valence-corrected chi connectivity index (χ2v) is 5.14. The summed E-state index contributed by atoms with van der Waals surface area (Å²) >= 11 is 0. The van der Waals surface area contributed by atoms with Crippen molar-refractivity contribution < 1.29 is 24.6 Å². The number of likely N-dealkylation sites (tertiary alicyclic amines) is 1. The molecule has 1 rings (SSSR count). The van der Waals surface area contributed by atoms with Gasteiger partial charge in [-0.1, -0.05) is 0 Å². The number of rotatable bonds is 5. The van der Waals surface area contributed by atoms with Gasteiger partial charge in [0.05, 0.1) is 6.42 Å². The average molecular weight is 287 g/mol. The van der Waals surface area contributed by atoms with Gasteiger partial charge in [0.1, 0.15) is 6.04 Å². The lowest BCUT2D eigenvalue weighted by Crippen LogP contribution is -2.54. The van der Waals surface area contributed by atoms with E-state index in [9.17, 15) is 14.4 Å². The standard InChI is InChI=1S/C12H21N3O5/c1-14(2)8-4-3-5-15(7-8)12(20)13-9(11(18)19)6-10(16)17/h8-9H,3-7H2,1-2H3,(H,13,20)(H,16,17)(H,18,19). The minimum atomic E-state index is -1.40. The highest BCUT2D eigenvalue weighted by atomic mass is 16.4. The Balaban J connectivity index is 2.59. The van der Waals surface area contributed by atoms with Crippen LogP contribution in [0.15, 0.2) is 0 Å². The first-order valence-corrected chi connectivity index (χ1v) is 6.47. The highest BCUT2D eigenvalue weighted by molar-refractivity contribution is 5.86. The van der Waals surface area contributed by atoms with Crippen molar-refractivity contribution in [2.75, 3.05) is 27.2 Å². The van der Waals surface area contributed by atoms with Crippen molar-refractivity contribution in [2.24, 2.45) is 0 Å². The van der Waals surface area contributed by atoms with Crippen molar-refractivity contribution in [3.63, 3.8) is 0 Å². The van der Waals surface area contributed by atoms with E-state index < -0.39 is 30.4 Å². The summed E-state index contributed by atoms with van der Waals surface area (Å²) in [6.07, 6.45) is 1.19. The van der Waals surface area contributed by atoms with E-state index in [0.29, 0.717) is 13.1 Å². The molecule has 0 spiro atoms. The molecule has 0 bridgehead atoms. The number of carboxylic acids is 2. The van der Waals surface area contributed by atoms with E-state index in [1.54, 1.807) is 0 Å². The Labute approximate surface area is 117 Å². The van der Waals surface area contributed by atoms with Gasteiger partial charge in [-0.05, 0) is 26.9 Å². The molecule has 2 unspecified atom stereocenters. The number of carboxylic acid groups (broad SMARTS) is 2. The molecule has 0 aromatic heterocycles. The predicted octanol–water partition coefficient (Wildman–Crippen LogP) is -0.350. The third kappa shape index (κ3) is 4.69. The molecule has 0 aromatic carbocycles. The van der Waals surface area contributed by atoms with Gasteiger partial charge >= 0.3 is 18.0 Å². The van der Waals surface area contributed by atoms with Crippen molar-refractivity contribution in [1.82, 2.24) is 15.1 Å². The van der Waals surface area contributed by atoms with Crippen LogP contribution in [0, 0.1) is 0 Å². The van der Waals surface area contributed by atoms with Crippen molar-refractivity contribution in [2.45, 2.75) is 31.3 Å². The van der Waals surface area contributed by atoms with Crippen molar-refractivity contribution >= 4 is 18.0 Å². The number of nitrogens with one attached hydrogen (secondary N) is 1. The molecule has 8 heteroatoms. The summed E-state index contributed by atoms with van der Waals surface area (Å²) in [4.78, 5) is 37.1. The Hall–Kier alpha value is -1.83. The summed E-state index contributed by atoms with van der Waals surface area (Å²) in [6.45, 7) is 1.06. The fraction of sp³-hybridized carbons (Fsp3) is 0.750.